The Morgan fingerprint density at radius 3 is 2.96 bits per heavy atom. The summed E-state index contributed by atoms with van der Waals surface area (Å²) >= 11 is 0. The lowest BCUT2D eigenvalue weighted by molar-refractivity contribution is 0.0529. The average molecular weight is 315 g/mol. The van der Waals surface area contributed by atoms with Crippen LogP contribution in [0.4, 0.5) is 5.82 Å². The maximum atomic E-state index is 12.0. The van der Waals surface area contributed by atoms with Crippen molar-refractivity contribution < 1.29 is 9.53 Å². The van der Waals surface area contributed by atoms with Gasteiger partial charge in [0.05, 0.1) is 24.5 Å². The van der Waals surface area contributed by atoms with Crippen LogP contribution in [-0.2, 0) is 18.3 Å². The molecule has 23 heavy (non-hydrogen) atoms. The lowest BCUT2D eigenvalue weighted by atomic mass is 10.2. The molecule has 2 aromatic rings. The number of aryl methyl sites for hydroxylation is 1. The highest BCUT2D eigenvalue weighted by Crippen LogP contribution is 2.15. The van der Waals surface area contributed by atoms with E-state index in [1.807, 2.05) is 12.1 Å². The topological polar surface area (TPSA) is 72.3 Å². The summed E-state index contributed by atoms with van der Waals surface area (Å²) in [6, 6.07) is 3.98. The maximum Gasteiger partial charge on any atom is 0.254 e. The summed E-state index contributed by atoms with van der Waals surface area (Å²) in [5, 5.41) is 6.86. The number of carbonyl (C=O) groups is 1. The minimum absolute atomic E-state index is 0.135. The highest BCUT2D eigenvalue weighted by molar-refractivity contribution is 5.93. The van der Waals surface area contributed by atoms with Crippen molar-refractivity contribution in [2.24, 2.45) is 7.05 Å². The second-order valence-corrected chi connectivity index (χ2v) is 5.74. The molecule has 1 fully saturated rings. The molecule has 0 bridgehead atoms. The lowest BCUT2D eigenvalue weighted by Crippen LogP contribution is -2.41. The van der Waals surface area contributed by atoms with Crippen LogP contribution >= 0.6 is 0 Å². The van der Waals surface area contributed by atoms with Gasteiger partial charge in [-0.3, -0.25) is 9.48 Å². The molecule has 7 nitrogen and oxygen atoms in total. The Kier molecular flexibility index (Phi) is 4.57. The molecule has 7 heteroatoms. The summed E-state index contributed by atoms with van der Waals surface area (Å²) in [4.78, 5) is 18.7. The first-order valence-electron chi connectivity index (χ1n) is 7.70. The molecule has 1 aliphatic rings. The van der Waals surface area contributed by atoms with E-state index in [1.165, 1.54) is 0 Å². The second kappa shape index (κ2) is 6.78. The monoisotopic (exact) mass is 315 g/mol. The minimum Gasteiger partial charge on any atom is -0.375 e. The minimum atomic E-state index is -0.135. The van der Waals surface area contributed by atoms with Gasteiger partial charge in [0.1, 0.15) is 5.82 Å². The van der Waals surface area contributed by atoms with Gasteiger partial charge in [-0.15, -0.1) is 0 Å². The zero-order valence-corrected chi connectivity index (χ0v) is 13.4. The first-order valence-corrected chi connectivity index (χ1v) is 7.70. The third-order valence-electron chi connectivity index (χ3n) is 3.79. The average Bonchev–Trinajstić information content (AvgIpc) is 3.00. The number of ether oxygens (including phenoxy) is 1. The fourth-order valence-corrected chi connectivity index (χ4v) is 2.56. The summed E-state index contributed by atoms with van der Waals surface area (Å²) in [5.41, 5.74) is 1.52. The second-order valence-electron chi connectivity index (χ2n) is 5.74. The number of morpholine rings is 1. The number of nitrogens with zero attached hydrogens (tertiary/aromatic N) is 4. The number of rotatable bonds is 4. The Balaban J connectivity index is 1.56. The van der Waals surface area contributed by atoms with Crippen LogP contribution in [0.1, 0.15) is 22.8 Å². The van der Waals surface area contributed by atoms with Gasteiger partial charge in [-0.05, 0) is 18.6 Å². The first kappa shape index (κ1) is 15.5. The van der Waals surface area contributed by atoms with Crippen molar-refractivity contribution in [2.45, 2.75) is 19.6 Å². The fourth-order valence-electron chi connectivity index (χ4n) is 2.56. The molecule has 3 rings (SSSR count). The van der Waals surface area contributed by atoms with E-state index in [2.05, 4.69) is 27.2 Å². The number of hydrogen-bond acceptors (Lipinski definition) is 5. The van der Waals surface area contributed by atoms with E-state index >= 15 is 0 Å². The predicted molar refractivity (Wildman–Crippen MR) is 86.2 cm³/mol. The number of amides is 1. The van der Waals surface area contributed by atoms with Gasteiger partial charge in [0.25, 0.3) is 5.91 Å². The molecule has 0 saturated carbocycles. The number of hydrogen-bond donors (Lipinski definition) is 1. The van der Waals surface area contributed by atoms with Gasteiger partial charge in [0.15, 0.2) is 0 Å². The number of anilines is 1. The van der Waals surface area contributed by atoms with E-state index in [1.54, 1.807) is 30.3 Å². The van der Waals surface area contributed by atoms with Crippen molar-refractivity contribution in [1.29, 1.82) is 0 Å². The highest BCUT2D eigenvalue weighted by atomic mass is 16.5. The van der Waals surface area contributed by atoms with E-state index in [4.69, 9.17) is 4.74 Å². The Morgan fingerprint density at radius 1 is 1.43 bits per heavy atom. The van der Waals surface area contributed by atoms with Crippen LogP contribution in [0.3, 0.4) is 0 Å². The third kappa shape index (κ3) is 3.87. The van der Waals surface area contributed by atoms with Crippen molar-refractivity contribution in [3.8, 4) is 0 Å². The maximum absolute atomic E-state index is 12.0. The molecule has 1 N–H and O–H groups in total. The largest absolute Gasteiger partial charge is 0.375 e. The molecule has 1 saturated heterocycles. The van der Waals surface area contributed by atoms with Crippen LogP contribution in [0, 0.1) is 0 Å². The number of pyridine rings is 1. The van der Waals surface area contributed by atoms with Crippen molar-refractivity contribution >= 4 is 11.7 Å². The number of aromatic nitrogens is 3. The summed E-state index contributed by atoms with van der Waals surface area (Å²) in [5.74, 6) is 0.812. The molecule has 0 spiro atoms. The zero-order chi connectivity index (χ0) is 16.2. The third-order valence-corrected chi connectivity index (χ3v) is 3.79. The zero-order valence-electron chi connectivity index (χ0n) is 13.4. The quantitative estimate of drug-likeness (QED) is 0.910. The molecule has 122 valence electrons. The van der Waals surface area contributed by atoms with Gasteiger partial charge in [-0.2, -0.15) is 5.10 Å². The molecular formula is C16H21N5O2. The van der Waals surface area contributed by atoms with E-state index in [-0.39, 0.29) is 12.0 Å². The van der Waals surface area contributed by atoms with E-state index in [0.717, 1.165) is 31.1 Å². The van der Waals surface area contributed by atoms with Crippen LogP contribution in [0.25, 0.3) is 0 Å². The molecule has 1 atom stereocenters. The predicted octanol–water partition coefficient (Wildman–Crippen LogP) is 0.970. The van der Waals surface area contributed by atoms with E-state index < -0.39 is 0 Å². The van der Waals surface area contributed by atoms with Crippen LogP contribution in [0.15, 0.2) is 30.7 Å². The molecule has 1 aliphatic heterocycles. The first-order chi connectivity index (χ1) is 11.1. The normalized spacial score (nSPS) is 18.0. The fraction of sp³-hybridized carbons (Fsp3) is 0.438. The van der Waals surface area contributed by atoms with E-state index in [9.17, 15) is 4.79 Å². The number of carbonyl (C=O) groups excluding carboxylic acids is 1. The molecule has 0 aromatic carbocycles. The standard InChI is InChI=1S/C16H21N5O2/c1-12-10-21(5-6-23-12)15-4-3-13(7-17-15)8-18-16(22)14-9-19-20(2)11-14/h3-4,7,9,11-12H,5-6,8,10H2,1-2H3,(H,18,22). The smallest absolute Gasteiger partial charge is 0.254 e. The highest BCUT2D eigenvalue weighted by Gasteiger charge is 2.17. The van der Waals surface area contributed by atoms with Gasteiger partial charge < -0.3 is 15.0 Å². The lowest BCUT2D eigenvalue weighted by Gasteiger charge is -2.32. The van der Waals surface area contributed by atoms with Gasteiger partial charge in [-0.1, -0.05) is 6.07 Å². The van der Waals surface area contributed by atoms with Crippen LogP contribution in [0.5, 0.6) is 0 Å². The SMILES string of the molecule is CC1CN(c2ccc(CNC(=O)c3cnn(C)c3)cn2)CCO1. The molecule has 3 heterocycles. The van der Waals surface area contributed by atoms with Gasteiger partial charge >= 0.3 is 0 Å². The molecular weight excluding hydrogens is 294 g/mol. The van der Waals surface area contributed by atoms with Crippen LogP contribution in [-0.4, -0.2) is 46.5 Å². The summed E-state index contributed by atoms with van der Waals surface area (Å²) < 4.78 is 7.14. The Hall–Kier alpha value is -2.41. The van der Waals surface area contributed by atoms with Crippen molar-refractivity contribution in [1.82, 2.24) is 20.1 Å². The Labute approximate surface area is 135 Å². The van der Waals surface area contributed by atoms with Gasteiger partial charge in [0.2, 0.25) is 0 Å². The van der Waals surface area contributed by atoms with Crippen molar-refractivity contribution in [2.75, 3.05) is 24.6 Å². The molecule has 2 aromatic heterocycles. The summed E-state index contributed by atoms with van der Waals surface area (Å²) in [6.07, 6.45) is 5.27. The van der Waals surface area contributed by atoms with Gasteiger partial charge in [-0.25, -0.2) is 4.98 Å². The van der Waals surface area contributed by atoms with E-state index in [0.29, 0.717) is 12.1 Å². The summed E-state index contributed by atoms with van der Waals surface area (Å²) in [6.45, 7) is 4.94. The Morgan fingerprint density at radius 2 is 2.30 bits per heavy atom. The molecule has 0 aliphatic carbocycles. The van der Waals surface area contributed by atoms with Crippen LogP contribution in [0.2, 0.25) is 0 Å². The molecule has 1 unspecified atom stereocenters. The van der Waals surface area contributed by atoms with Crippen molar-refractivity contribution in [3.05, 3.63) is 41.9 Å². The summed E-state index contributed by atoms with van der Waals surface area (Å²) in [7, 11) is 1.78. The molecule has 0 radical (unpaired) electrons. The van der Waals surface area contributed by atoms with Crippen LogP contribution < -0.4 is 10.2 Å². The van der Waals surface area contributed by atoms with Crippen molar-refractivity contribution in [3.63, 3.8) is 0 Å². The van der Waals surface area contributed by atoms with Gasteiger partial charge in [0, 0.05) is 39.1 Å². The molecule has 1 amide bonds. The Bertz CT molecular complexity index is 667. The number of nitrogens with one attached hydrogen (secondary N) is 1.